The summed E-state index contributed by atoms with van der Waals surface area (Å²) >= 11 is 0. The van der Waals surface area contributed by atoms with Crippen LogP contribution in [0.15, 0.2) is 53.4 Å². The van der Waals surface area contributed by atoms with Gasteiger partial charge in [-0.15, -0.1) is 0 Å². The lowest BCUT2D eigenvalue weighted by atomic mass is 9.87. The maximum atomic E-state index is 14.1. The van der Waals surface area contributed by atoms with Crippen molar-refractivity contribution in [1.82, 2.24) is 20.2 Å². The number of hydrogen-bond acceptors (Lipinski definition) is 7. The van der Waals surface area contributed by atoms with Crippen LogP contribution in [0.25, 0.3) is 11.3 Å². The number of benzene rings is 2. The molecule has 1 aromatic heterocycles. The quantitative estimate of drug-likeness (QED) is 0.398. The monoisotopic (exact) mass is 619 g/mol. The lowest BCUT2D eigenvalue weighted by molar-refractivity contribution is -0.123. The molecule has 2 aromatic carbocycles. The van der Waals surface area contributed by atoms with Crippen molar-refractivity contribution in [2.24, 2.45) is 5.41 Å². The molecule has 3 aromatic rings. The molecule has 44 heavy (non-hydrogen) atoms. The van der Waals surface area contributed by atoms with Gasteiger partial charge in [0.15, 0.2) is 0 Å². The summed E-state index contributed by atoms with van der Waals surface area (Å²) in [5.41, 5.74) is 3.20. The van der Waals surface area contributed by atoms with E-state index in [9.17, 15) is 18.0 Å². The van der Waals surface area contributed by atoms with Crippen LogP contribution in [0.3, 0.4) is 0 Å². The van der Waals surface area contributed by atoms with Crippen LogP contribution in [0.5, 0.6) is 5.88 Å². The number of fused-ring (bicyclic) bond motifs is 4. The fraction of sp³-hybridized carbons (Fsp3) is 0.455. The van der Waals surface area contributed by atoms with E-state index in [2.05, 4.69) is 40.8 Å². The third-order valence-corrected chi connectivity index (χ3v) is 9.39. The van der Waals surface area contributed by atoms with Gasteiger partial charge in [0, 0.05) is 23.2 Å². The Morgan fingerprint density at radius 1 is 1.05 bits per heavy atom. The molecule has 0 radical (unpaired) electrons. The summed E-state index contributed by atoms with van der Waals surface area (Å²) in [5, 5.41) is 3.09. The second-order valence-electron chi connectivity index (χ2n) is 13.0. The molecule has 0 spiro atoms. The van der Waals surface area contributed by atoms with Crippen molar-refractivity contribution in [3.8, 4) is 17.1 Å². The molecule has 1 fully saturated rings. The van der Waals surface area contributed by atoms with E-state index < -0.39 is 22.0 Å². The summed E-state index contributed by atoms with van der Waals surface area (Å²) < 4.78 is 35.8. The minimum absolute atomic E-state index is 0.0365. The fourth-order valence-electron chi connectivity index (χ4n) is 6.04. The minimum atomic E-state index is -4.18. The molecule has 1 atom stereocenters. The van der Waals surface area contributed by atoms with E-state index in [4.69, 9.17) is 4.74 Å². The largest absolute Gasteiger partial charge is 0.475 e. The molecular weight excluding hydrogens is 578 g/mol. The summed E-state index contributed by atoms with van der Waals surface area (Å²) in [5.74, 6) is -0.686. The summed E-state index contributed by atoms with van der Waals surface area (Å²) in [6, 6.07) is 12.9. The Morgan fingerprint density at radius 3 is 2.41 bits per heavy atom. The predicted molar refractivity (Wildman–Crippen MR) is 169 cm³/mol. The van der Waals surface area contributed by atoms with Crippen molar-refractivity contribution in [2.45, 2.75) is 83.7 Å². The van der Waals surface area contributed by atoms with Crippen LogP contribution < -0.4 is 14.8 Å². The van der Waals surface area contributed by atoms with Gasteiger partial charge in [-0.05, 0) is 67.9 Å². The molecule has 0 unspecified atom stereocenters. The highest BCUT2D eigenvalue weighted by molar-refractivity contribution is 7.92. The predicted octanol–water partition coefficient (Wildman–Crippen LogP) is 5.26. The van der Waals surface area contributed by atoms with Crippen molar-refractivity contribution in [3.05, 3.63) is 65.2 Å². The van der Waals surface area contributed by atoms with Gasteiger partial charge in [-0.1, -0.05) is 57.9 Å². The highest BCUT2D eigenvalue weighted by Crippen LogP contribution is 2.31. The van der Waals surface area contributed by atoms with Crippen LogP contribution in [0, 0.1) is 19.3 Å². The van der Waals surface area contributed by atoms with Crippen molar-refractivity contribution >= 4 is 27.8 Å². The van der Waals surface area contributed by atoms with Crippen molar-refractivity contribution in [2.75, 3.05) is 17.9 Å². The molecule has 10 nitrogen and oxygen atoms in total. The van der Waals surface area contributed by atoms with Gasteiger partial charge in [0.05, 0.1) is 16.6 Å². The number of sulfonamides is 1. The van der Waals surface area contributed by atoms with E-state index in [1.807, 2.05) is 32.0 Å². The zero-order valence-corrected chi connectivity index (χ0v) is 26.8. The molecule has 2 N–H and O–H groups in total. The van der Waals surface area contributed by atoms with Crippen LogP contribution in [0.4, 0.5) is 5.95 Å². The van der Waals surface area contributed by atoms with Gasteiger partial charge in [0.25, 0.3) is 15.9 Å². The third kappa shape index (κ3) is 7.38. The standard InChI is InChI=1S/C33H41N5O5S/c1-21-10-8-11-22(2)30(21)27-17-29-36-32(35-27)37-44(41,42)26-15-9-12-23(16-26)31(40)38(25(20-43-29)18-33(3,4)5)19-28(39)34-24-13-6-7-14-24/h8-12,15-17,24-25H,6-7,13-14,18-20H2,1-5H3,(H,34,39)(H,35,36,37)/t25-/m1/s1. The number of rotatable bonds is 5. The number of nitrogens with zero attached hydrogens (tertiary/aromatic N) is 3. The van der Waals surface area contributed by atoms with E-state index >= 15 is 0 Å². The van der Waals surface area contributed by atoms with Gasteiger partial charge in [-0.25, -0.2) is 18.1 Å². The Morgan fingerprint density at radius 2 is 1.73 bits per heavy atom. The molecule has 2 heterocycles. The highest BCUT2D eigenvalue weighted by atomic mass is 32.2. The van der Waals surface area contributed by atoms with Gasteiger partial charge < -0.3 is 15.0 Å². The van der Waals surface area contributed by atoms with E-state index in [1.165, 1.54) is 23.1 Å². The number of amides is 2. The Labute approximate surface area is 259 Å². The topological polar surface area (TPSA) is 131 Å². The second-order valence-corrected chi connectivity index (χ2v) is 14.7. The van der Waals surface area contributed by atoms with Gasteiger partial charge in [-0.3, -0.25) is 9.59 Å². The number of hydrogen-bond donors (Lipinski definition) is 2. The number of aryl methyl sites for hydroxylation is 2. The highest BCUT2D eigenvalue weighted by Gasteiger charge is 2.33. The number of carbonyl (C=O) groups excluding carboxylic acids is 2. The minimum Gasteiger partial charge on any atom is -0.475 e. The second kappa shape index (κ2) is 12.6. The lowest BCUT2D eigenvalue weighted by Crippen LogP contribution is -2.51. The number of ether oxygens (including phenoxy) is 1. The zero-order chi connectivity index (χ0) is 31.6. The molecule has 1 aliphatic heterocycles. The Bertz CT molecular complexity index is 1640. The smallest absolute Gasteiger partial charge is 0.264 e. The van der Waals surface area contributed by atoms with E-state index in [1.54, 1.807) is 12.1 Å². The van der Waals surface area contributed by atoms with Crippen LogP contribution in [-0.4, -0.2) is 60.3 Å². The Balaban J connectivity index is 1.62. The average molecular weight is 620 g/mol. The fourth-order valence-corrected chi connectivity index (χ4v) is 7.03. The number of nitrogens with one attached hydrogen (secondary N) is 2. The number of anilines is 1. The summed E-state index contributed by atoms with van der Waals surface area (Å²) in [7, 11) is -4.18. The van der Waals surface area contributed by atoms with Crippen molar-refractivity contribution < 1.29 is 22.7 Å². The molecule has 4 bridgehead atoms. The molecule has 5 rings (SSSR count). The number of aromatic nitrogens is 2. The van der Waals surface area contributed by atoms with E-state index in [-0.39, 0.29) is 52.8 Å². The maximum Gasteiger partial charge on any atom is 0.264 e. The molecule has 11 heteroatoms. The van der Waals surface area contributed by atoms with Crippen LogP contribution in [-0.2, 0) is 14.8 Å². The SMILES string of the molecule is Cc1cccc(C)c1-c1cc2nc(n1)NS(=O)(=O)c1cccc(c1)C(=O)N(CC(=O)NC1CCCC1)[C@H](CC(C)(C)C)CO2. The molecule has 1 aliphatic carbocycles. The summed E-state index contributed by atoms with van der Waals surface area (Å²) in [4.78, 5) is 37.8. The molecular formula is C33H41N5O5S. The summed E-state index contributed by atoms with van der Waals surface area (Å²) in [6.45, 7) is 9.97. The van der Waals surface area contributed by atoms with E-state index in [0.717, 1.165) is 42.4 Å². The zero-order valence-electron chi connectivity index (χ0n) is 26.0. The molecule has 2 aliphatic rings. The molecule has 234 valence electrons. The molecule has 2 amide bonds. The normalized spacial score (nSPS) is 18.8. The Kier molecular flexibility index (Phi) is 8.97. The Hall–Kier alpha value is -3.99. The third-order valence-electron chi connectivity index (χ3n) is 8.06. The molecule has 0 saturated heterocycles. The van der Waals surface area contributed by atoms with Crippen molar-refractivity contribution in [1.29, 1.82) is 0 Å². The van der Waals surface area contributed by atoms with Crippen LogP contribution >= 0.6 is 0 Å². The van der Waals surface area contributed by atoms with Gasteiger partial charge in [0.2, 0.25) is 17.7 Å². The van der Waals surface area contributed by atoms with Gasteiger partial charge in [-0.2, -0.15) is 4.98 Å². The first kappa shape index (κ1) is 31.4. The van der Waals surface area contributed by atoms with Gasteiger partial charge >= 0.3 is 0 Å². The van der Waals surface area contributed by atoms with Crippen LogP contribution in [0.1, 0.15) is 74.4 Å². The van der Waals surface area contributed by atoms with Crippen molar-refractivity contribution in [3.63, 3.8) is 0 Å². The first-order valence-corrected chi connectivity index (χ1v) is 16.6. The van der Waals surface area contributed by atoms with Gasteiger partial charge in [0.1, 0.15) is 13.2 Å². The first-order valence-electron chi connectivity index (χ1n) is 15.1. The molecule has 1 saturated carbocycles. The maximum absolute atomic E-state index is 14.1. The lowest BCUT2D eigenvalue weighted by Gasteiger charge is -2.35. The van der Waals surface area contributed by atoms with E-state index in [0.29, 0.717) is 12.1 Å². The summed E-state index contributed by atoms with van der Waals surface area (Å²) in [6.07, 6.45) is 4.48. The van der Waals surface area contributed by atoms with Crippen LogP contribution in [0.2, 0.25) is 0 Å². The first-order chi connectivity index (χ1) is 20.8. The number of carbonyl (C=O) groups is 2. The average Bonchev–Trinajstić information content (AvgIpc) is 3.45.